The summed E-state index contributed by atoms with van der Waals surface area (Å²) in [6, 6.07) is 15.1. The quantitative estimate of drug-likeness (QED) is 0.708. The minimum absolute atomic E-state index is 0.00992. The highest BCUT2D eigenvalue weighted by Crippen LogP contribution is 2.29. The summed E-state index contributed by atoms with van der Waals surface area (Å²) in [5.74, 6) is 1.29. The molecular weight excluding hydrogens is 328 g/mol. The average Bonchev–Trinajstić information content (AvgIpc) is 2.68. The number of amides is 1. The Labute approximate surface area is 155 Å². The summed E-state index contributed by atoms with van der Waals surface area (Å²) in [4.78, 5) is 12.7. The normalized spacial score (nSPS) is 12.8. The minimum atomic E-state index is -0.402. The molecule has 0 fully saturated rings. The third-order valence-corrected chi connectivity index (χ3v) is 4.27. The molecule has 0 aliphatic carbocycles. The first-order valence-corrected chi connectivity index (χ1v) is 8.92. The predicted octanol–water partition coefficient (Wildman–Crippen LogP) is 4.16. The van der Waals surface area contributed by atoms with Crippen LogP contribution in [0, 0.1) is 0 Å². The highest BCUT2D eigenvalue weighted by atomic mass is 16.5. The molecule has 1 amide bonds. The molecule has 0 unspecified atom stereocenters. The van der Waals surface area contributed by atoms with Crippen LogP contribution in [0.3, 0.4) is 0 Å². The molecule has 0 aromatic heterocycles. The Morgan fingerprint density at radius 1 is 1.08 bits per heavy atom. The van der Waals surface area contributed by atoms with E-state index in [0.29, 0.717) is 11.5 Å². The maximum atomic E-state index is 12.7. The molecular formula is C21H28N2O3. The number of carbonyl (C=O) groups is 1. The van der Waals surface area contributed by atoms with E-state index in [1.165, 1.54) is 0 Å². The van der Waals surface area contributed by atoms with E-state index in [9.17, 15) is 4.79 Å². The first-order chi connectivity index (χ1) is 12.6. The summed E-state index contributed by atoms with van der Waals surface area (Å²) >= 11 is 0. The van der Waals surface area contributed by atoms with Crippen molar-refractivity contribution in [2.45, 2.75) is 38.8 Å². The Kier molecular flexibility index (Phi) is 7.33. The Bertz CT molecular complexity index is 704. The van der Waals surface area contributed by atoms with Gasteiger partial charge in [-0.05, 0) is 31.0 Å². The Morgan fingerprint density at radius 2 is 1.81 bits per heavy atom. The Hall–Kier alpha value is -2.69. The second kappa shape index (κ2) is 9.70. The number of ether oxygens (including phenoxy) is 2. The van der Waals surface area contributed by atoms with Gasteiger partial charge in [-0.15, -0.1) is 0 Å². The Morgan fingerprint density at radius 3 is 2.42 bits per heavy atom. The third-order valence-electron chi connectivity index (χ3n) is 4.27. The second-order valence-electron chi connectivity index (χ2n) is 6.19. The fourth-order valence-electron chi connectivity index (χ4n) is 2.81. The molecule has 2 aromatic carbocycles. The van der Waals surface area contributed by atoms with Gasteiger partial charge in [-0.25, -0.2) is 0 Å². The van der Waals surface area contributed by atoms with Gasteiger partial charge in [0, 0.05) is 6.07 Å². The topological polar surface area (TPSA) is 59.6 Å². The van der Waals surface area contributed by atoms with Gasteiger partial charge in [0.2, 0.25) is 5.91 Å². The molecule has 0 spiro atoms. The van der Waals surface area contributed by atoms with Crippen LogP contribution in [0.1, 0.15) is 38.3 Å². The average molecular weight is 356 g/mol. The summed E-state index contributed by atoms with van der Waals surface area (Å²) < 4.78 is 10.6. The molecule has 5 heteroatoms. The number of benzene rings is 2. The zero-order valence-electron chi connectivity index (χ0n) is 15.9. The van der Waals surface area contributed by atoms with Crippen molar-refractivity contribution in [3.8, 4) is 11.5 Å². The van der Waals surface area contributed by atoms with Crippen molar-refractivity contribution in [3.05, 3.63) is 54.1 Å². The first-order valence-electron chi connectivity index (χ1n) is 8.92. The second-order valence-corrected chi connectivity index (χ2v) is 6.19. The summed E-state index contributed by atoms with van der Waals surface area (Å²) in [7, 11) is 3.20. The van der Waals surface area contributed by atoms with Crippen molar-refractivity contribution in [2.24, 2.45) is 0 Å². The summed E-state index contributed by atoms with van der Waals surface area (Å²) in [6.45, 7) is 3.96. The number of methoxy groups -OCH3 is 2. The minimum Gasteiger partial charge on any atom is -0.497 e. The van der Waals surface area contributed by atoms with E-state index in [1.807, 2.05) is 49.4 Å². The first kappa shape index (κ1) is 19.6. The van der Waals surface area contributed by atoms with Gasteiger partial charge in [0.25, 0.3) is 0 Å². The molecule has 0 aliphatic rings. The van der Waals surface area contributed by atoms with Gasteiger partial charge in [0.15, 0.2) is 0 Å². The van der Waals surface area contributed by atoms with Crippen LogP contribution < -0.4 is 20.1 Å². The van der Waals surface area contributed by atoms with Crippen molar-refractivity contribution in [2.75, 3.05) is 19.5 Å². The van der Waals surface area contributed by atoms with Crippen LogP contribution in [-0.2, 0) is 4.79 Å². The lowest BCUT2D eigenvalue weighted by molar-refractivity contribution is -0.122. The summed E-state index contributed by atoms with van der Waals surface area (Å²) in [5.41, 5.74) is 1.87. The Balaban J connectivity index is 2.06. The van der Waals surface area contributed by atoms with Crippen LogP contribution in [0.4, 0.5) is 5.69 Å². The molecule has 0 aliphatic heterocycles. The van der Waals surface area contributed by atoms with E-state index in [-0.39, 0.29) is 11.9 Å². The largest absolute Gasteiger partial charge is 0.497 e. The third kappa shape index (κ3) is 5.15. The number of rotatable bonds is 9. The monoisotopic (exact) mass is 356 g/mol. The lowest BCUT2D eigenvalue weighted by atomic mass is 10.0. The molecule has 5 nitrogen and oxygen atoms in total. The van der Waals surface area contributed by atoms with Crippen LogP contribution in [0.25, 0.3) is 0 Å². The molecule has 0 heterocycles. The van der Waals surface area contributed by atoms with E-state index in [1.54, 1.807) is 20.3 Å². The lowest BCUT2D eigenvalue weighted by Gasteiger charge is -2.23. The van der Waals surface area contributed by atoms with Crippen molar-refractivity contribution in [1.82, 2.24) is 5.32 Å². The summed E-state index contributed by atoms with van der Waals surface area (Å²) in [5, 5.41) is 6.37. The van der Waals surface area contributed by atoms with Gasteiger partial charge in [-0.3, -0.25) is 4.79 Å². The molecule has 0 saturated carbocycles. The summed E-state index contributed by atoms with van der Waals surface area (Å²) in [6.07, 6.45) is 1.89. The van der Waals surface area contributed by atoms with Gasteiger partial charge in [0.1, 0.15) is 17.5 Å². The van der Waals surface area contributed by atoms with Crippen LogP contribution in [-0.4, -0.2) is 26.2 Å². The van der Waals surface area contributed by atoms with Crippen LogP contribution in [0.5, 0.6) is 11.5 Å². The van der Waals surface area contributed by atoms with E-state index in [4.69, 9.17) is 9.47 Å². The SMILES string of the molecule is CCC[C@@H](NC(=O)[C@H](C)Nc1ccc(OC)cc1OC)c1ccccc1. The number of hydrogen-bond donors (Lipinski definition) is 2. The van der Waals surface area contributed by atoms with Crippen LogP contribution >= 0.6 is 0 Å². The molecule has 2 atom stereocenters. The standard InChI is InChI=1S/C21H28N2O3/c1-5-9-18(16-10-7-6-8-11-16)23-21(24)15(2)22-19-13-12-17(25-3)14-20(19)26-4/h6-8,10-15,18,22H,5,9H2,1-4H3,(H,23,24)/t15-,18+/m0/s1. The molecule has 26 heavy (non-hydrogen) atoms. The number of anilines is 1. The number of nitrogens with one attached hydrogen (secondary N) is 2. The van der Waals surface area contributed by atoms with Crippen molar-refractivity contribution in [1.29, 1.82) is 0 Å². The molecule has 140 valence electrons. The maximum Gasteiger partial charge on any atom is 0.242 e. The predicted molar refractivity (Wildman–Crippen MR) is 105 cm³/mol. The van der Waals surface area contributed by atoms with Crippen LogP contribution in [0.2, 0.25) is 0 Å². The highest BCUT2D eigenvalue weighted by Gasteiger charge is 2.19. The van der Waals surface area contributed by atoms with Gasteiger partial charge in [0.05, 0.1) is 25.9 Å². The van der Waals surface area contributed by atoms with Gasteiger partial charge >= 0.3 is 0 Å². The van der Waals surface area contributed by atoms with Crippen molar-refractivity contribution < 1.29 is 14.3 Å². The number of carbonyl (C=O) groups excluding carboxylic acids is 1. The maximum absolute atomic E-state index is 12.7. The number of hydrogen-bond acceptors (Lipinski definition) is 4. The lowest BCUT2D eigenvalue weighted by Crippen LogP contribution is -2.39. The van der Waals surface area contributed by atoms with E-state index in [2.05, 4.69) is 17.6 Å². The molecule has 0 saturated heterocycles. The van der Waals surface area contributed by atoms with Crippen molar-refractivity contribution >= 4 is 11.6 Å². The highest BCUT2D eigenvalue weighted by molar-refractivity contribution is 5.85. The van der Waals surface area contributed by atoms with E-state index < -0.39 is 6.04 Å². The molecule has 2 N–H and O–H groups in total. The molecule has 0 bridgehead atoms. The molecule has 0 radical (unpaired) electrons. The zero-order valence-corrected chi connectivity index (χ0v) is 15.9. The fraction of sp³-hybridized carbons (Fsp3) is 0.381. The van der Waals surface area contributed by atoms with E-state index >= 15 is 0 Å². The van der Waals surface area contributed by atoms with Gasteiger partial charge in [-0.1, -0.05) is 43.7 Å². The van der Waals surface area contributed by atoms with Crippen LogP contribution in [0.15, 0.2) is 48.5 Å². The van der Waals surface area contributed by atoms with E-state index in [0.717, 1.165) is 24.1 Å². The van der Waals surface area contributed by atoms with Gasteiger partial charge < -0.3 is 20.1 Å². The van der Waals surface area contributed by atoms with Gasteiger partial charge in [-0.2, -0.15) is 0 Å². The zero-order chi connectivity index (χ0) is 18.9. The fourth-order valence-corrected chi connectivity index (χ4v) is 2.81. The molecule has 2 rings (SSSR count). The van der Waals surface area contributed by atoms with Crippen molar-refractivity contribution in [3.63, 3.8) is 0 Å². The molecule has 2 aromatic rings. The smallest absolute Gasteiger partial charge is 0.242 e.